The van der Waals surface area contributed by atoms with Crippen molar-refractivity contribution in [1.82, 2.24) is 14.9 Å². The number of nitrogens with zero attached hydrogens (tertiary/aromatic N) is 3. The van der Waals surface area contributed by atoms with Crippen molar-refractivity contribution in [2.45, 2.75) is 51.7 Å². The molecule has 0 saturated carbocycles. The molecule has 1 aliphatic heterocycles. The fraction of sp³-hybridized carbons (Fsp3) is 0.556. The molecule has 0 N–H and O–H groups in total. The highest BCUT2D eigenvalue weighted by Crippen LogP contribution is 2.35. The van der Waals surface area contributed by atoms with Gasteiger partial charge in [-0.05, 0) is 46.1 Å². The van der Waals surface area contributed by atoms with Crippen LogP contribution in [0.1, 0.15) is 36.0 Å². The van der Waals surface area contributed by atoms with E-state index in [4.69, 9.17) is 4.74 Å². The van der Waals surface area contributed by atoms with E-state index in [-0.39, 0.29) is 11.7 Å². The quantitative estimate of drug-likeness (QED) is 0.441. The van der Waals surface area contributed by atoms with Gasteiger partial charge < -0.3 is 9.64 Å². The summed E-state index contributed by atoms with van der Waals surface area (Å²) in [5.41, 5.74) is 1.15. The maximum atomic E-state index is 12.2. The largest absolute Gasteiger partial charge is 0.452 e. The second kappa shape index (κ2) is 7.92. The highest BCUT2D eigenvalue weighted by molar-refractivity contribution is 8.00. The van der Waals surface area contributed by atoms with Crippen LogP contribution in [0.3, 0.4) is 0 Å². The zero-order valence-electron chi connectivity index (χ0n) is 15.5. The van der Waals surface area contributed by atoms with Gasteiger partial charge in [0.2, 0.25) is 0 Å². The Bertz CT molecular complexity index is 844. The molecule has 26 heavy (non-hydrogen) atoms. The first-order valence-corrected chi connectivity index (χ1v) is 10.5. The second-order valence-electron chi connectivity index (χ2n) is 6.49. The standard InChI is InChI=1S/C18H23N3O3S2/c1-10-12(3)26-17-15(10)16(19-13(4)20-17)25-9-14(22)24-11(2)18(23)21-7-5-6-8-21/h11H,5-9H2,1-4H3/t11-/m0/s1. The van der Waals surface area contributed by atoms with Gasteiger partial charge in [0, 0.05) is 23.4 Å². The lowest BCUT2D eigenvalue weighted by molar-refractivity contribution is -0.156. The maximum absolute atomic E-state index is 12.2. The van der Waals surface area contributed by atoms with Gasteiger partial charge in [-0.2, -0.15) is 0 Å². The van der Waals surface area contributed by atoms with Crippen molar-refractivity contribution in [2.75, 3.05) is 18.8 Å². The minimum absolute atomic E-state index is 0.106. The summed E-state index contributed by atoms with van der Waals surface area (Å²) in [7, 11) is 0. The average Bonchev–Trinajstić information content (AvgIpc) is 3.21. The molecule has 0 bridgehead atoms. The number of amides is 1. The predicted octanol–water partition coefficient (Wildman–Crippen LogP) is 3.26. The van der Waals surface area contributed by atoms with E-state index in [1.54, 1.807) is 23.2 Å². The Morgan fingerprint density at radius 3 is 2.62 bits per heavy atom. The molecule has 1 aliphatic rings. The summed E-state index contributed by atoms with van der Waals surface area (Å²) < 4.78 is 5.33. The van der Waals surface area contributed by atoms with E-state index in [9.17, 15) is 9.59 Å². The summed E-state index contributed by atoms with van der Waals surface area (Å²) in [5, 5.41) is 1.81. The average molecular weight is 394 g/mol. The predicted molar refractivity (Wildman–Crippen MR) is 104 cm³/mol. The molecule has 3 heterocycles. The molecule has 1 atom stereocenters. The first kappa shape index (κ1) is 19.1. The number of rotatable bonds is 5. The summed E-state index contributed by atoms with van der Waals surface area (Å²) in [4.78, 5) is 37.3. The van der Waals surface area contributed by atoms with Crippen molar-refractivity contribution >= 4 is 45.2 Å². The number of aryl methyl sites for hydroxylation is 3. The summed E-state index contributed by atoms with van der Waals surface area (Å²) >= 11 is 2.98. The maximum Gasteiger partial charge on any atom is 0.317 e. The van der Waals surface area contributed by atoms with Crippen molar-refractivity contribution in [3.05, 3.63) is 16.3 Å². The second-order valence-corrected chi connectivity index (χ2v) is 8.66. The van der Waals surface area contributed by atoms with Gasteiger partial charge >= 0.3 is 5.97 Å². The monoisotopic (exact) mass is 393 g/mol. The number of carbonyl (C=O) groups is 2. The van der Waals surface area contributed by atoms with Gasteiger partial charge in [-0.25, -0.2) is 9.97 Å². The van der Waals surface area contributed by atoms with Crippen LogP contribution in [0.25, 0.3) is 10.2 Å². The summed E-state index contributed by atoms with van der Waals surface area (Å²) in [6.45, 7) is 9.11. The number of carbonyl (C=O) groups excluding carboxylic acids is 2. The molecule has 0 unspecified atom stereocenters. The Labute approximate surface area is 161 Å². The third-order valence-electron chi connectivity index (χ3n) is 4.51. The SMILES string of the molecule is Cc1nc(SCC(=O)O[C@@H](C)C(=O)N2CCCC2)c2c(C)c(C)sc2n1. The van der Waals surface area contributed by atoms with E-state index in [1.165, 1.54) is 16.6 Å². The van der Waals surface area contributed by atoms with Crippen molar-refractivity contribution in [3.8, 4) is 0 Å². The molecule has 0 aliphatic carbocycles. The van der Waals surface area contributed by atoms with Gasteiger partial charge in [0.1, 0.15) is 15.7 Å². The number of fused-ring (bicyclic) bond motifs is 1. The number of hydrogen-bond donors (Lipinski definition) is 0. The van der Waals surface area contributed by atoms with Crippen molar-refractivity contribution in [3.63, 3.8) is 0 Å². The fourth-order valence-corrected chi connectivity index (χ4v) is 5.08. The fourth-order valence-electron chi connectivity index (χ4n) is 3.02. The van der Waals surface area contributed by atoms with Gasteiger partial charge in [0.25, 0.3) is 5.91 Å². The van der Waals surface area contributed by atoms with Crippen LogP contribution in [-0.2, 0) is 14.3 Å². The lowest BCUT2D eigenvalue weighted by atomic mass is 10.2. The van der Waals surface area contributed by atoms with E-state index in [0.717, 1.165) is 46.7 Å². The molecule has 1 saturated heterocycles. The molecular weight excluding hydrogens is 370 g/mol. The van der Waals surface area contributed by atoms with Gasteiger partial charge in [-0.1, -0.05) is 11.8 Å². The highest BCUT2D eigenvalue weighted by atomic mass is 32.2. The molecular formula is C18H23N3O3S2. The van der Waals surface area contributed by atoms with Crippen LogP contribution < -0.4 is 0 Å². The molecule has 6 nitrogen and oxygen atoms in total. The lowest BCUT2D eigenvalue weighted by Crippen LogP contribution is -2.38. The highest BCUT2D eigenvalue weighted by Gasteiger charge is 2.26. The third-order valence-corrected chi connectivity index (χ3v) is 6.56. The van der Waals surface area contributed by atoms with E-state index >= 15 is 0 Å². The van der Waals surface area contributed by atoms with E-state index in [1.807, 2.05) is 13.8 Å². The van der Waals surface area contributed by atoms with E-state index in [2.05, 4.69) is 16.9 Å². The normalized spacial score (nSPS) is 15.5. The van der Waals surface area contributed by atoms with Crippen LogP contribution in [0.15, 0.2) is 5.03 Å². The van der Waals surface area contributed by atoms with Gasteiger partial charge in [-0.3, -0.25) is 9.59 Å². The van der Waals surface area contributed by atoms with Crippen LogP contribution in [-0.4, -0.2) is 51.7 Å². The Hall–Kier alpha value is -1.67. The first-order valence-electron chi connectivity index (χ1n) is 8.72. The summed E-state index contributed by atoms with van der Waals surface area (Å²) in [6.07, 6.45) is 1.30. The molecule has 1 fully saturated rings. The molecule has 0 radical (unpaired) electrons. The number of ether oxygens (including phenoxy) is 1. The molecule has 1 amide bonds. The van der Waals surface area contributed by atoms with Crippen LogP contribution in [0.4, 0.5) is 0 Å². The zero-order valence-corrected chi connectivity index (χ0v) is 17.1. The molecule has 3 rings (SSSR count). The molecule has 8 heteroatoms. The topological polar surface area (TPSA) is 72.4 Å². The summed E-state index contributed by atoms with van der Waals surface area (Å²) in [6, 6.07) is 0. The molecule has 0 spiro atoms. The molecule has 2 aromatic heterocycles. The van der Waals surface area contributed by atoms with Crippen LogP contribution in [0.5, 0.6) is 0 Å². The minimum atomic E-state index is -0.738. The van der Waals surface area contributed by atoms with E-state index < -0.39 is 12.1 Å². The summed E-state index contributed by atoms with van der Waals surface area (Å²) in [5.74, 6) is 0.305. The lowest BCUT2D eigenvalue weighted by Gasteiger charge is -2.20. The number of hydrogen-bond acceptors (Lipinski definition) is 7. The van der Waals surface area contributed by atoms with Gasteiger partial charge in [0.05, 0.1) is 5.75 Å². The van der Waals surface area contributed by atoms with Gasteiger partial charge in [-0.15, -0.1) is 11.3 Å². The van der Waals surface area contributed by atoms with Crippen molar-refractivity contribution in [1.29, 1.82) is 0 Å². The van der Waals surface area contributed by atoms with Crippen molar-refractivity contribution in [2.24, 2.45) is 0 Å². The Morgan fingerprint density at radius 1 is 1.23 bits per heavy atom. The van der Waals surface area contributed by atoms with Gasteiger partial charge in [0.15, 0.2) is 6.10 Å². The Balaban J connectivity index is 1.64. The number of esters is 1. The Kier molecular flexibility index (Phi) is 5.82. The van der Waals surface area contributed by atoms with Crippen LogP contribution in [0, 0.1) is 20.8 Å². The minimum Gasteiger partial charge on any atom is -0.452 e. The number of aromatic nitrogens is 2. The molecule has 0 aromatic carbocycles. The molecule has 140 valence electrons. The Morgan fingerprint density at radius 2 is 1.92 bits per heavy atom. The third kappa shape index (κ3) is 4.01. The smallest absolute Gasteiger partial charge is 0.317 e. The number of thioether (sulfide) groups is 1. The number of likely N-dealkylation sites (tertiary alicyclic amines) is 1. The molecule has 2 aromatic rings. The zero-order chi connectivity index (χ0) is 18.8. The van der Waals surface area contributed by atoms with Crippen molar-refractivity contribution < 1.29 is 14.3 Å². The van der Waals surface area contributed by atoms with E-state index in [0.29, 0.717) is 5.82 Å². The first-order chi connectivity index (χ1) is 12.4. The number of thiophene rings is 1. The van der Waals surface area contributed by atoms with Crippen LogP contribution >= 0.6 is 23.1 Å². The van der Waals surface area contributed by atoms with Crippen LogP contribution in [0.2, 0.25) is 0 Å².